The Morgan fingerprint density at radius 1 is 0.886 bits per heavy atom. The number of para-hydroxylation sites is 3. The maximum Gasteiger partial charge on any atom is 0.262 e. The van der Waals surface area contributed by atoms with Gasteiger partial charge in [-0.1, -0.05) is 30.3 Å². The minimum Gasteiger partial charge on any atom is -0.455 e. The van der Waals surface area contributed by atoms with E-state index in [1.165, 1.54) is 24.3 Å². The fraction of sp³-hybridized carbons (Fsp3) is 0.200. The predicted octanol–water partition coefficient (Wildman–Crippen LogP) is 3.58. The first kappa shape index (κ1) is 24.6. The number of hydrogen-bond acceptors (Lipinski definition) is 6. The molecule has 0 spiro atoms. The summed E-state index contributed by atoms with van der Waals surface area (Å²) in [5, 5.41) is 2.61. The van der Waals surface area contributed by atoms with E-state index >= 15 is 0 Å². The van der Waals surface area contributed by atoms with E-state index in [0.717, 1.165) is 11.5 Å². The van der Waals surface area contributed by atoms with E-state index in [0.29, 0.717) is 24.6 Å². The number of nitrogens with zero attached hydrogens (tertiary/aromatic N) is 1. The fourth-order valence-corrected chi connectivity index (χ4v) is 5.40. The number of thioether (sulfide) groups is 1. The van der Waals surface area contributed by atoms with Crippen LogP contribution in [-0.2, 0) is 14.8 Å². The Labute approximate surface area is 208 Å². The van der Waals surface area contributed by atoms with Crippen molar-refractivity contribution in [3.05, 3.63) is 84.4 Å². The first-order chi connectivity index (χ1) is 16.9. The molecule has 0 unspecified atom stereocenters. The highest BCUT2D eigenvalue weighted by Gasteiger charge is 2.19. The summed E-state index contributed by atoms with van der Waals surface area (Å²) >= 11 is 1.80. The molecule has 1 saturated heterocycles. The average Bonchev–Trinajstić information content (AvgIpc) is 2.89. The van der Waals surface area contributed by atoms with Gasteiger partial charge >= 0.3 is 0 Å². The SMILES string of the molecule is O=C(NCC(=O)N1CCSCC1)c1ccc(S(=O)(=O)Nc2ccccc2Oc2ccccc2)cc1. The number of ether oxygens (including phenoxy) is 1. The smallest absolute Gasteiger partial charge is 0.262 e. The molecule has 3 aromatic carbocycles. The lowest BCUT2D eigenvalue weighted by Crippen LogP contribution is -2.43. The molecule has 1 aliphatic heterocycles. The van der Waals surface area contributed by atoms with Gasteiger partial charge in [0, 0.05) is 30.2 Å². The van der Waals surface area contributed by atoms with Crippen LogP contribution in [0.1, 0.15) is 10.4 Å². The minimum atomic E-state index is -3.94. The molecule has 35 heavy (non-hydrogen) atoms. The van der Waals surface area contributed by atoms with E-state index in [-0.39, 0.29) is 28.6 Å². The van der Waals surface area contributed by atoms with Gasteiger partial charge in [-0.3, -0.25) is 14.3 Å². The Morgan fingerprint density at radius 3 is 2.26 bits per heavy atom. The highest BCUT2D eigenvalue weighted by molar-refractivity contribution is 7.99. The standard InChI is InChI=1S/C25H25N3O5S2/c29-24(28-14-16-34-17-15-28)18-26-25(30)19-10-12-21(13-11-19)35(31,32)27-22-8-4-5-9-23(22)33-20-6-2-1-3-7-20/h1-13,27H,14-18H2,(H,26,30). The maximum absolute atomic E-state index is 13.0. The van der Waals surface area contributed by atoms with Crippen molar-refractivity contribution in [3.63, 3.8) is 0 Å². The number of anilines is 1. The van der Waals surface area contributed by atoms with E-state index in [9.17, 15) is 18.0 Å². The molecule has 8 nitrogen and oxygen atoms in total. The van der Waals surface area contributed by atoms with Crippen LogP contribution in [0.3, 0.4) is 0 Å². The van der Waals surface area contributed by atoms with Crippen molar-refractivity contribution in [1.82, 2.24) is 10.2 Å². The van der Waals surface area contributed by atoms with Crippen LogP contribution in [-0.4, -0.2) is 56.3 Å². The monoisotopic (exact) mass is 511 g/mol. The third-order valence-electron chi connectivity index (χ3n) is 5.29. The van der Waals surface area contributed by atoms with Crippen LogP contribution in [0.5, 0.6) is 11.5 Å². The van der Waals surface area contributed by atoms with E-state index in [1.54, 1.807) is 53.1 Å². The summed E-state index contributed by atoms with van der Waals surface area (Å²) in [5.41, 5.74) is 0.548. The lowest BCUT2D eigenvalue weighted by atomic mass is 10.2. The number of nitrogens with one attached hydrogen (secondary N) is 2. The zero-order valence-electron chi connectivity index (χ0n) is 18.8. The molecule has 0 aliphatic carbocycles. The Kier molecular flexibility index (Phi) is 7.94. The third-order valence-corrected chi connectivity index (χ3v) is 7.62. The molecule has 4 rings (SSSR count). The van der Waals surface area contributed by atoms with E-state index in [2.05, 4.69) is 10.0 Å². The van der Waals surface area contributed by atoms with Gasteiger partial charge in [0.25, 0.3) is 15.9 Å². The van der Waals surface area contributed by atoms with Crippen molar-refractivity contribution in [3.8, 4) is 11.5 Å². The zero-order valence-corrected chi connectivity index (χ0v) is 20.5. The molecule has 0 saturated carbocycles. The summed E-state index contributed by atoms with van der Waals surface area (Å²) < 4.78 is 34.3. The average molecular weight is 512 g/mol. The number of sulfonamides is 1. The number of carbonyl (C=O) groups excluding carboxylic acids is 2. The molecule has 2 N–H and O–H groups in total. The molecule has 1 aliphatic rings. The topological polar surface area (TPSA) is 105 Å². The van der Waals surface area contributed by atoms with Crippen LogP contribution in [0.4, 0.5) is 5.69 Å². The van der Waals surface area contributed by atoms with Gasteiger partial charge in [-0.15, -0.1) is 0 Å². The van der Waals surface area contributed by atoms with Gasteiger partial charge in [0.05, 0.1) is 17.1 Å². The van der Waals surface area contributed by atoms with Crippen molar-refractivity contribution < 1.29 is 22.7 Å². The Hall–Kier alpha value is -3.50. The van der Waals surface area contributed by atoms with Crippen LogP contribution in [0.2, 0.25) is 0 Å². The Morgan fingerprint density at radius 2 is 1.54 bits per heavy atom. The number of amides is 2. The molecule has 1 heterocycles. The van der Waals surface area contributed by atoms with Crippen molar-refractivity contribution in [2.75, 3.05) is 35.9 Å². The zero-order chi connectivity index (χ0) is 24.7. The summed E-state index contributed by atoms with van der Waals surface area (Å²) in [5.74, 6) is 2.16. The summed E-state index contributed by atoms with van der Waals surface area (Å²) in [6.45, 7) is 1.26. The van der Waals surface area contributed by atoms with Crippen LogP contribution < -0.4 is 14.8 Å². The molecular weight excluding hydrogens is 486 g/mol. The molecule has 2 amide bonds. The Balaban J connectivity index is 1.40. The molecule has 0 atom stereocenters. The second kappa shape index (κ2) is 11.3. The number of carbonyl (C=O) groups is 2. The molecule has 3 aromatic rings. The second-order valence-corrected chi connectivity index (χ2v) is 10.6. The van der Waals surface area contributed by atoms with Crippen LogP contribution in [0.15, 0.2) is 83.8 Å². The van der Waals surface area contributed by atoms with Gasteiger partial charge in [-0.25, -0.2) is 8.42 Å². The van der Waals surface area contributed by atoms with Crippen LogP contribution >= 0.6 is 11.8 Å². The molecule has 1 fully saturated rings. The molecule has 0 radical (unpaired) electrons. The van der Waals surface area contributed by atoms with Gasteiger partial charge in [0.2, 0.25) is 5.91 Å². The summed E-state index contributed by atoms with van der Waals surface area (Å²) in [6, 6.07) is 21.3. The van der Waals surface area contributed by atoms with Crippen molar-refractivity contribution in [1.29, 1.82) is 0 Å². The molecular formula is C25H25N3O5S2. The molecule has 0 aromatic heterocycles. The molecule has 10 heteroatoms. The normalized spacial score (nSPS) is 13.7. The van der Waals surface area contributed by atoms with Crippen LogP contribution in [0.25, 0.3) is 0 Å². The first-order valence-electron chi connectivity index (χ1n) is 11.0. The quantitative estimate of drug-likeness (QED) is 0.479. The van der Waals surface area contributed by atoms with Crippen molar-refractivity contribution in [2.24, 2.45) is 0 Å². The largest absolute Gasteiger partial charge is 0.455 e. The van der Waals surface area contributed by atoms with Gasteiger partial charge < -0.3 is 15.0 Å². The number of rotatable bonds is 8. The first-order valence-corrected chi connectivity index (χ1v) is 13.6. The lowest BCUT2D eigenvalue weighted by molar-refractivity contribution is -0.129. The maximum atomic E-state index is 13.0. The second-order valence-electron chi connectivity index (χ2n) is 7.72. The van der Waals surface area contributed by atoms with Gasteiger partial charge in [0.1, 0.15) is 5.75 Å². The van der Waals surface area contributed by atoms with Crippen molar-refractivity contribution in [2.45, 2.75) is 4.90 Å². The minimum absolute atomic E-state index is 0.00884. The van der Waals surface area contributed by atoms with Crippen molar-refractivity contribution >= 4 is 39.3 Å². The molecule has 0 bridgehead atoms. The fourth-order valence-electron chi connectivity index (χ4n) is 3.43. The number of benzene rings is 3. The number of hydrogen-bond donors (Lipinski definition) is 2. The van der Waals surface area contributed by atoms with E-state index < -0.39 is 15.9 Å². The predicted molar refractivity (Wildman–Crippen MR) is 136 cm³/mol. The van der Waals surface area contributed by atoms with E-state index in [4.69, 9.17) is 4.74 Å². The third kappa shape index (κ3) is 6.55. The molecule has 182 valence electrons. The van der Waals surface area contributed by atoms with Crippen LogP contribution in [0, 0.1) is 0 Å². The van der Waals surface area contributed by atoms with Gasteiger partial charge in [0.15, 0.2) is 5.75 Å². The summed E-state index contributed by atoms with van der Waals surface area (Å²) in [7, 11) is -3.94. The van der Waals surface area contributed by atoms with Gasteiger partial charge in [-0.2, -0.15) is 11.8 Å². The Bertz CT molecular complexity index is 1280. The highest BCUT2D eigenvalue weighted by Crippen LogP contribution is 2.30. The lowest BCUT2D eigenvalue weighted by Gasteiger charge is -2.26. The summed E-state index contributed by atoms with van der Waals surface area (Å²) in [4.78, 5) is 26.4. The summed E-state index contributed by atoms with van der Waals surface area (Å²) in [6.07, 6.45) is 0. The van der Waals surface area contributed by atoms with E-state index in [1.807, 2.05) is 18.2 Å². The highest BCUT2D eigenvalue weighted by atomic mass is 32.2. The van der Waals surface area contributed by atoms with Gasteiger partial charge in [-0.05, 0) is 48.5 Å².